The fourth-order valence-electron chi connectivity index (χ4n) is 2.81. The molecule has 1 aromatic carbocycles. The zero-order valence-electron chi connectivity index (χ0n) is 15.9. The van der Waals surface area contributed by atoms with Crippen LogP contribution in [0.15, 0.2) is 58.2 Å². The lowest BCUT2D eigenvalue weighted by atomic mass is 10.1. The van der Waals surface area contributed by atoms with Crippen LogP contribution in [0, 0.1) is 6.92 Å². The summed E-state index contributed by atoms with van der Waals surface area (Å²) < 4.78 is 5.36. The molecule has 1 atom stereocenters. The van der Waals surface area contributed by atoms with Gasteiger partial charge in [-0.05, 0) is 38.5 Å². The Morgan fingerprint density at radius 2 is 1.89 bits per heavy atom. The Bertz CT molecular complexity index is 972. The second kappa shape index (κ2) is 8.84. The molecule has 7 heteroatoms. The van der Waals surface area contributed by atoms with Crippen LogP contribution in [0.4, 0.5) is 0 Å². The Kier molecular flexibility index (Phi) is 6.26. The molecule has 2 heterocycles. The van der Waals surface area contributed by atoms with Gasteiger partial charge in [-0.25, -0.2) is 9.97 Å². The standard InChI is InChI=1S/C21H21N3O3S/c1-13(16-8-5-4-6-9-16)22-18(26)12-28-21-19(15(3)25)14(2)23-20(24-21)17-10-7-11-27-17/h4-11,13H,12H2,1-3H3,(H,22,26). The van der Waals surface area contributed by atoms with Crippen LogP contribution >= 0.6 is 11.8 Å². The Morgan fingerprint density at radius 1 is 1.14 bits per heavy atom. The van der Waals surface area contributed by atoms with E-state index in [-0.39, 0.29) is 23.5 Å². The van der Waals surface area contributed by atoms with Crippen LogP contribution in [0.2, 0.25) is 0 Å². The van der Waals surface area contributed by atoms with Crippen molar-refractivity contribution in [3.8, 4) is 11.6 Å². The summed E-state index contributed by atoms with van der Waals surface area (Å²) in [5.41, 5.74) is 2.03. The predicted octanol–water partition coefficient (Wildman–Crippen LogP) is 4.22. The van der Waals surface area contributed by atoms with Gasteiger partial charge in [-0.15, -0.1) is 0 Å². The molecule has 6 nitrogen and oxygen atoms in total. The van der Waals surface area contributed by atoms with Gasteiger partial charge in [-0.3, -0.25) is 9.59 Å². The maximum atomic E-state index is 12.4. The van der Waals surface area contributed by atoms with Crippen molar-refractivity contribution in [2.75, 3.05) is 5.75 Å². The van der Waals surface area contributed by atoms with Crippen LogP contribution in [-0.4, -0.2) is 27.4 Å². The number of furan rings is 1. The number of amides is 1. The third-order valence-corrected chi connectivity index (χ3v) is 5.14. The molecule has 0 saturated heterocycles. The van der Waals surface area contributed by atoms with Crippen molar-refractivity contribution in [3.05, 3.63) is 65.5 Å². The van der Waals surface area contributed by atoms with Gasteiger partial charge in [0, 0.05) is 0 Å². The molecular weight excluding hydrogens is 374 g/mol. The number of carbonyl (C=O) groups excluding carboxylic acids is 2. The number of rotatable bonds is 7. The molecule has 1 amide bonds. The molecular formula is C21H21N3O3S. The molecule has 3 rings (SSSR count). The monoisotopic (exact) mass is 395 g/mol. The minimum Gasteiger partial charge on any atom is -0.461 e. The van der Waals surface area contributed by atoms with E-state index in [1.807, 2.05) is 37.3 Å². The summed E-state index contributed by atoms with van der Waals surface area (Å²) in [5, 5.41) is 3.45. The summed E-state index contributed by atoms with van der Waals surface area (Å²) in [6, 6.07) is 13.1. The SMILES string of the molecule is CC(=O)c1c(C)nc(-c2ccco2)nc1SCC(=O)NC(C)c1ccccc1. The largest absolute Gasteiger partial charge is 0.461 e. The average molecular weight is 395 g/mol. The number of aryl methyl sites for hydroxylation is 1. The zero-order valence-corrected chi connectivity index (χ0v) is 16.7. The number of benzene rings is 1. The molecule has 0 aliphatic carbocycles. The summed E-state index contributed by atoms with van der Waals surface area (Å²) in [6.07, 6.45) is 1.54. The van der Waals surface area contributed by atoms with E-state index in [2.05, 4.69) is 15.3 Å². The van der Waals surface area contributed by atoms with E-state index < -0.39 is 0 Å². The van der Waals surface area contributed by atoms with Crippen LogP contribution in [0.1, 0.15) is 41.5 Å². The first kappa shape index (κ1) is 19.8. The minimum absolute atomic E-state index is 0.104. The Labute approximate surface area is 167 Å². The lowest BCUT2D eigenvalue weighted by Crippen LogP contribution is -2.28. The number of aromatic nitrogens is 2. The normalized spacial score (nSPS) is 11.8. The van der Waals surface area contributed by atoms with Gasteiger partial charge >= 0.3 is 0 Å². The molecule has 0 aliphatic rings. The lowest BCUT2D eigenvalue weighted by molar-refractivity contribution is -0.119. The molecule has 0 bridgehead atoms. The highest BCUT2D eigenvalue weighted by Gasteiger charge is 2.19. The lowest BCUT2D eigenvalue weighted by Gasteiger charge is -2.15. The molecule has 2 aromatic heterocycles. The van der Waals surface area contributed by atoms with E-state index in [1.165, 1.54) is 24.9 Å². The van der Waals surface area contributed by atoms with Crippen LogP contribution < -0.4 is 5.32 Å². The molecule has 144 valence electrons. The summed E-state index contributed by atoms with van der Waals surface area (Å²) in [6.45, 7) is 5.16. The number of Topliss-reactive ketones (excluding diaryl/α,β-unsaturated/α-hetero) is 1. The number of hydrogen-bond donors (Lipinski definition) is 1. The predicted molar refractivity (Wildman–Crippen MR) is 108 cm³/mol. The summed E-state index contributed by atoms with van der Waals surface area (Å²) in [7, 11) is 0. The fourth-order valence-corrected chi connectivity index (χ4v) is 3.75. The molecule has 0 radical (unpaired) electrons. The van der Waals surface area contributed by atoms with E-state index in [1.54, 1.807) is 19.1 Å². The maximum Gasteiger partial charge on any atom is 0.230 e. The minimum atomic E-state index is -0.135. The van der Waals surface area contributed by atoms with Crippen LogP contribution in [-0.2, 0) is 4.79 Å². The molecule has 3 aromatic rings. The molecule has 1 unspecified atom stereocenters. The Morgan fingerprint density at radius 3 is 2.54 bits per heavy atom. The number of hydrogen-bond acceptors (Lipinski definition) is 6. The fraction of sp³-hybridized carbons (Fsp3) is 0.238. The number of nitrogens with zero attached hydrogens (tertiary/aromatic N) is 2. The van der Waals surface area contributed by atoms with Crippen molar-refractivity contribution in [1.29, 1.82) is 0 Å². The van der Waals surface area contributed by atoms with Crippen molar-refractivity contribution in [3.63, 3.8) is 0 Å². The van der Waals surface area contributed by atoms with Gasteiger partial charge in [0.25, 0.3) is 0 Å². The van der Waals surface area contributed by atoms with Gasteiger partial charge < -0.3 is 9.73 Å². The third-order valence-electron chi connectivity index (χ3n) is 4.17. The highest BCUT2D eigenvalue weighted by atomic mass is 32.2. The van der Waals surface area contributed by atoms with Gasteiger partial charge in [0.05, 0.1) is 29.3 Å². The van der Waals surface area contributed by atoms with E-state index in [0.717, 1.165) is 5.56 Å². The maximum absolute atomic E-state index is 12.4. The van der Waals surface area contributed by atoms with Crippen molar-refractivity contribution in [1.82, 2.24) is 15.3 Å². The first-order valence-corrected chi connectivity index (χ1v) is 9.85. The zero-order chi connectivity index (χ0) is 20.1. The molecule has 0 saturated carbocycles. The van der Waals surface area contributed by atoms with E-state index in [4.69, 9.17) is 4.42 Å². The highest BCUT2D eigenvalue weighted by molar-refractivity contribution is 8.00. The van der Waals surface area contributed by atoms with Crippen LogP contribution in [0.25, 0.3) is 11.6 Å². The van der Waals surface area contributed by atoms with Gasteiger partial charge in [0.15, 0.2) is 17.4 Å². The first-order chi connectivity index (χ1) is 13.5. The second-order valence-corrected chi connectivity index (χ2v) is 7.30. The molecule has 0 fully saturated rings. The van der Waals surface area contributed by atoms with Gasteiger partial charge in [0.1, 0.15) is 5.03 Å². The Hall–Kier alpha value is -2.93. The summed E-state index contributed by atoms with van der Waals surface area (Å²) in [4.78, 5) is 33.3. The van der Waals surface area contributed by atoms with E-state index in [0.29, 0.717) is 27.9 Å². The summed E-state index contributed by atoms with van der Waals surface area (Å²) in [5.74, 6) is 0.789. The van der Waals surface area contributed by atoms with Crippen molar-refractivity contribution < 1.29 is 14.0 Å². The van der Waals surface area contributed by atoms with E-state index >= 15 is 0 Å². The quantitative estimate of drug-likeness (QED) is 0.366. The van der Waals surface area contributed by atoms with Crippen LogP contribution in [0.3, 0.4) is 0 Å². The molecule has 0 spiro atoms. The topological polar surface area (TPSA) is 85.1 Å². The van der Waals surface area contributed by atoms with Gasteiger partial charge in [-0.2, -0.15) is 0 Å². The third kappa shape index (κ3) is 4.67. The highest BCUT2D eigenvalue weighted by Crippen LogP contribution is 2.27. The average Bonchev–Trinajstić information content (AvgIpc) is 3.21. The number of nitrogens with one attached hydrogen (secondary N) is 1. The second-order valence-electron chi connectivity index (χ2n) is 6.33. The number of ketones is 1. The molecule has 0 aliphatic heterocycles. The van der Waals surface area contributed by atoms with Gasteiger partial charge in [0.2, 0.25) is 5.91 Å². The van der Waals surface area contributed by atoms with Gasteiger partial charge in [-0.1, -0.05) is 42.1 Å². The van der Waals surface area contributed by atoms with Crippen molar-refractivity contribution in [2.24, 2.45) is 0 Å². The molecule has 28 heavy (non-hydrogen) atoms. The summed E-state index contributed by atoms with van der Waals surface area (Å²) >= 11 is 1.22. The number of thioether (sulfide) groups is 1. The smallest absolute Gasteiger partial charge is 0.230 e. The number of carbonyl (C=O) groups is 2. The van der Waals surface area contributed by atoms with Crippen LogP contribution in [0.5, 0.6) is 0 Å². The van der Waals surface area contributed by atoms with Crippen molar-refractivity contribution in [2.45, 2.75) is 31.8 Å². The van der Waals surface area contributed by atoms with Crippen molar-refractivity contribution >= 4 is 23.5 Å². The van der Waals surface area contributed by atoms with E-state index in [9.17, 15) is 9.59 Å². The Balaban J connectivity index is 1.75. The molecule has 1 N–H and O–H groups in total. The first-order valence-electron chi connectivity index (χ1n) is 8.86.